The van der Waals surface area contributed by atoms with E-state index in [0.29, 0.717) is 18.2 Å². The molecule has 1 aliphatic carbocycles. The number of aryl methyl sites for hydroxylation is 1. The van der Waals surface area contributed by atoms with Gasteiger partial charge in [0.1, 0.15) is 24.0 Å². The van der Waals surface area contributed by atoms with E-state index < -0.39 is 12.1 Å². The zero-order valence-electron chi connectivity index (χ0n) is 22.9. The highest BCUT2D eigenvalue weighted by Crippen LogP contribution is 2.33. The molecule has 0 aromatic carbocycles. The first-order chi connectivity index (χ1) is 18.2. The number of fused-ring (bicyclic) bond motifs is 1. The monoisotopic (exact) mass is 526 g/mol. The molecule has 38 heavy (non-hydrogen) atoms. The SMILES string of the molecule is CC(C)C(=O)[C@@H]1[C@H](C)CCN1C(=O)CNC(=O)OC1CCC[C@H]1CCCCCc1cn2ccnc2cc1O. The summed E-state index contributed by atoms with van der Waals surface area (Å²) in [5.74, 6) is 0.471. The summed E-state index contributed by atoms with van der Waals surface area (Å²) in [5.41, 5.74) is 1.66. The van der Waals surface area contributed by atoms with Crippen LogP contribution in [-0.4, -0.2) is 62.4 Å². The summed E-state index contributed by atoms with van der Waals surface area (Å²) in [5, 5.41) is 12.9. The predicted molar refractivity (Wildman–Crippen MR) is 144 cm³/mol. The van der Waals surface area contributed by atoms with E-state index in [-0.39, 0.29) is 36.2 Å². The van der Waals surface area contributed by atoms with Gasteiger partial charge in [-0.25, -0.2) is 9.78 Å². The fourth-order valence-electron chi connectivity index (χ4n) is 6.00. The van der Waals surface area contributed by atoms with E-state index in [2.05, 4.69) is 10.3 Å². The van der Waals surface area contributed by atoms with Gasteiger partial charge in [0, 0.05) is 42.7 Å². The molecule has 0 bridgehead atoms. The molecule has 2 N–H and O–H groups in total. The Morgan fingerprint density at radius 2 is 2.00 bits per heavy atom. The second kappa shape index (κ2) is 12.6. The molecular weight excluding hydrogens is 484 g/mol. The van der Waals surface area contributed by atoms with Crippen LogP contribution < -0.4 is 5.32 Å². The summed E-state index contributed by atoms with van der Waals surface area (Å²) in [6, 6.07) is 1.29. The molecule has 4 atom stereocenters. The first kappa shape index (κ1) is 27.9. The number of imidazole rings is 1. The van der Waals surface area contributed by atoms with Gasteiger partial charge in [-0.2, -0.15) is 0 Å². The molecular formula is C29H42N4O5. The van der Waals surface area contributed by atoms with Gasteiger partial charge in [0.2, 0.25) is 5.91 Å². The van der Waals surface area contributed by atoms with Gasteiger partial charge < -0.3 is 24.5 Å². The molecule has 1 saturated heterocycles. The largest absolute Gasteiger partial charge is 0.507 e. The van der Waals surface area contributed by atoms with Gasteiger partial charge in [-0.3, -0.25) is 9.59 Å². The summed E-state index contributed by atoms with van der Waals surface area (Å²) in [6.07, 6.45) is 13.4. The lowest BCUT2D eigenvalue weighted by atomic mass is 9.92. The molecule has 2 aromatic rings. The van der Waals surface area contributed by atoms with E-state index in [1.165, 1.54) is 0 Å². The maximum absolute atomic E-state index is 12.8. The molecule has 2 aromatic heterocycles. The van der Waals surface area contributed by atoms with Crippen molar-refractivity contribution in [2.45, 2.75) is 90.7 Å². The van der Waals surface area contributed by atoms with Crippen molar-refractivity contribution in [2.24, 2.45) is 17.8 Å². The normalized spacial score (nSPS) is 23.3. The number of hydrogen-bond donors (Lipinski definition) is 2. The standard InChI is InChI=1S/C29H42N4O5/c1-19(2)28(36)27-20(3)12-14-33(27)26(35)17-31-29(37)38-24-11-7-10-21(24)8-5-4-6-9-22-18-32-15-13-30-25(32)16-23(22)34/h13,15-16,18-21,24,27,34H,4-12,14,17H2,1-3H3,(H,31,37)/t20-,21-,24?,27+/m1/s1. The van der Waals surface area contributed by atoms with Crippen molar-refractivity contribution in [3.05, 3.63) is 30.2 Å². The van der Waals surface area contributed by atoms with E-state index in [9.17, 15) is 19.5 Å². The van der Waals surface area contributed by atoms with E-state index in [4.69, 9.17) is 4.74 Å². The van der Waals surface area contributed by atoms with Gasteiger partial charge in [0.05, 0.1) is 6.04 Å². The van der Waals surface area contributed by atoms with Gasteiger partial charge in [0.25, 0.3) is 0 Å². The molecule has 0 spiro atoms. The van der Waals surface area contributed by atoms with Gasteiger partial charge >= 0.3 is 6.09 Å². The van der Waals surface area contributed by atoms with Crippen LogP contribution in [0.15, 0.2) is 24.7 Å². The van der Waals surface area contributed by atoms with Crippen molar-refractivity contribution in [2.75, 3.05) is 13.1 Å². The van der Waals surface area contributed by atoms with E-state index in [1.807, 2.05) is 37.6 Å². The number of unbranched alkanes of at least 4 members (excludes halogenated alkanes) is 2. The molecule has 1 unspecified atom stereocenters. The van der Waals surface area contributed by atoms with Crippen molar-refractivity contribution < 1.29 is 24.2 Å². The summed E-state index contributed by atoms with van der Waals surface area (Å²) in [4.78, 5) is 43.7. The van der Waals surface area contributed by atoms with Gasteiger partial charge in [-0.05, 0) is 56.8 Å². The Morgan fingerprint density at radius 3 is 2.79 bits per heavy atom. The Bertz CT molecular complexity index is 1130. The van der Waals surface area contributed by atoms with Crippen LogP contribution in [0.5, 0.6) is 5.75 Å². The van der Waals surface area contributed by atoms with Crippen LogP contribution in [0.4, 0.5) is 4.79 Å². The van der Waals surface area contributed by atoms with Crippen LogP contribution in [0.25, 0.3) is 5.65 Å². The van der Waals surface area contributed by atoms with E-state index in [1.54, 1.807) is 17.2 Å². The number of Topliss-reactive ketones (excluding diaryl/α,β-unsaturated/α-hetero) is 1. The van der Waals surface area contributed by atoms with Crippen LogP contribution in [0, 0.1) is 17.8 Å². The fraction of sp³-hybridized carbons (Fsp3) is 0.655. The molecule has 9 nitrogen and oxygen atoms in total. The smallest absolute Gasteiger partial charge is 0.407 e. The number of pyridine rings is 1. The summed E-state index contributed by atoms with van der Waals surface area (Å²) >= 11 is 0. The number of rotatable bonds is 11. The second-order valence-corrected chi connectivity index (χ2v) is 11.3. The topological polar surface area (TPSA) is 113 Å². The van der Waals surface area contributed by atoms with Crippen molar-refractivity contribution in [3.63, 3.8) is 0 Å². The fourth-order valence-corrected chi connectivity index (χ4v) is 6.00. The Hall–Kier alpha value is -3.10. The number of likely N-dealkylation sites (tertiary alicyclic amines) is 1. The number of amides is 2. The second-order valence-electron chi connectivity index (χ2n) is 11.3. The molecule has 208 valence electrons. The maximum Gasteiger partial charge on any atom is 0.407 e. The first-order valence-electron chi connectivity index (χ1n) is 14.2. The number of aromatic nitrogens is 2. The minimum atomic E-state index is -0.556. The van der Waals surface area contributed by atoms with Crippen molar-refractivity contribution in [1.29, 1.82) is 0 Å². The molecule has 0 radical (unpaired) electrons. The van der Waals surface area contributed by atoms with Crippen molar-refractivity contribution >= 4 is 23.4 Å². The molecule has 2 amide bonds. The number of nitrogens with zero attached hydrogens (tertiary/aromatic N) is 3. The minimum Gasteiger partial charge on any atom is -0.507 e. The number of aromatic hydroxyl groups is 1. The molecule has 1 aliphatic heterocycles. The number of ketones is 1. The minimum absolute atomic E-state index is 0.0794. The van der Waals surface area contributed by atoms with Crippen LogP contribution in [0.2, 0.25) is 0 Å². The maximum atomic E-state index is 12.8. The number of ether oxygens (including phenoxy) is 1. The van der Waals surface area contributed by atoms with E-state index >= 15 is 0 Å². The van der Waals surface area contributed by atoms with Gasteiger partial charge in [0.15, 0.2) is 5.78 Å². The molecule has 3 heterocycles. The van der Waals surface area contributed by atoms with Gasteiger partial charge in [-0.15, -0.1) is 0 Å². The number of nitrogens with one attached hydrogen (secondary N) is 1. The summed E-state index contributed by atoms with van der Waals surface area (Å²) in [6.45, 7) is 6.11. The third-order valence-electron chi connectivity index (χ3n) is 8.22. The molecule has 2 aliphatic rings. The number of carbonyl (C=O) groups is 3. The average Bonchev–Trinajstić information content (AvgIpc) is 3.62. The van der Waals surface area contributed by atoms with Crippen LogP contribution in [0.1, 0.15) is 77.7 Å². The number of carbonyl (C=O) groups excluding carboxylic acids is 3. The third kappa shape index (κ3) is 6.66. The predicted octanol–water partition coefficient (Wildman–Crippen LogP) is 4.50. The molecule has 4 rings (SSSR count). The highest BCUT2D eigenvalue weighted by atomic mass is 16.6. The Morgan fingerprint density at radius 1 is 1.18 bits per heavy atom. The van der Waals surface area contributed by atoms with Crippen molar-refractivity contribution in [1.82, 2.24) is 19.6 Å². The lowest BCUT2D eigenvalue weighted by Gasteiger charge is -2.27. The molecule has 9 heteroatoms. The third-order valence-corrected chi connectivity index (χ3v) is 8.22. The van der Waals surface area contributed by atoms with E-state index in [0.717, 1.165) is 69.0 Å². The Balaban J connectivity index is 1.16. The average molecular weight is 527 g/mol. The highest BCUT2D eigenvalue weighted by Gasteiger charge is 2.40. The zero-order valence-corrected chi connectivity index (χ0v) is 22.9. The zero-order chi connectivity index (χ0) is 27.2. The van der Waals surface area contributed by atoms with Crippen molar-refractivity contribution in [3.8, 4) is 5.75 Å². The van der Waals surface area contributed by atoms with Crippen LogP contribution in [-0.2, 0) is 20.7 Å². The van der Waals surface area contributed by atoms with Crippen LogP contribution >= 0.6 is 0 Å². The summed E-state index contributed by atoms with van der Waals surface area (Å²) in [7, 11) is 0. The lowest BCUT2D eigenvalue weighted by molar-refractivity contribution is -0.138. The van der Waals surface area contributed by atoms with Gasteiger partial charge in [-0.1, -0.05) is 33.6 Å². The summed E-state index contributed by atoms with van der Waals surface area (Å²) < 4.78 is 7.64. The lowest BCUT2D eigenvalue weighted by Crippen LogP contribution is -2.48. The molecule has 2 fully saturated rings. The first-order valence-corrected chi connectivity index (χ1v) is 14.2. The number of alkyl carbamates (subject to hydrolysis) is 1. The Kier molecular flexibility index (Phi) is 9.28. The Labute approximate surface area is 224 Å². The highest BCUT2D eigenvalue weighted by molar-refractivity contribution is 5.92. The molecule has 1 saturated carbocycles. The quantitative estimate of drug-likeness (QED) is 0.417. The number of hydrogen-bond acceptors (Lipinski definition) is 6. The van der Waals surface area contributed by atoms with Crippen LogP contribution in [0.3, 0.4) is 0 Å².